The molecule has 0 amide bonds. The average Bonchev–Trinajstić information content (AvgIpc) is 4.23. The second-order valence-electron chi connectivity index (χ2n) is 18.2. The summed E-state index contributed by atoms with van der Waals surface area (Å²) in [4.78, 5) is 0. The van der Waals surface area contributed by atoms with Crippen molar-refractivity contribution in [1.82, 2.24) is 0 Å². The van der Waals surface area contributed by atoms with Crippen molar-refractivity contribution in [3.8, 4) is 77.9 Å². The van der Waals surface area contributed by atoms with Gasteiger partial charge in [-0.15, -0.1) is 74.6 Å². The third-order valence-corrected chi connectivity index (χ3v) is 15.2. The smallest absolute Gasteiger partial charge is 0.0920 e. The first-order valence-electron chi connectivity index (χ1n) is 25.2. The monoisotopic (exact) mass is 1080 g/mol. The van der Waals surface area contributed by atoms with Crippen molar-refractivity contribution in [3.63, 3.8) is 0 Å². The summed E-state index contributed by atoms with van der Waals surface area (Å²) in [6, 6.07) is 97.1. The Labute approximate surface area is 458 Å². The summed E-state index contributed by atoms with van der Waals surface area (Å²) in [5.41, 5.74) is 21.1. The molecule has 12 aromatic rings. The fourth-order valence-electron chi connectivity index (χ4n) is 10.3. The molecular weight excluding hydrogens is 1030 g/mol. The summed E-state index contributed by atoms with van der Waals surface area (Å²) in [6.45, 7) is 4.48. The van der Waals surface area contributed by atoms with Crippen molar-refractivity contribution in [2.45, 2.75) is 26.7 Å². The van der Waals surface area contributed by atoms with E-state index in [1.165, 1.54) is 121 Å². The molecular formula is C70H53Cl2SiZr-3. The standard InChI is InChI=1S/2C29H23.C12H7Si.2ClH.Zr/c2*1-2-21-11-9-10-16-26(21)29-27(23-14-7-4-8-15-23)18-17-24-19-25(20-28(24)29)22-12-5-3-6-13-22;1-3-7-11-9(5-1)10-6-2-4-8-12(10)13-11;;;/h2*3-20H,2H2,1H3;1-7H;2*1H;/q3*-1;;;+2/p-2. The van der Waals surface area contributed by atoms with Gasteiger partial charge in [0.2, 0.25) is 0 Å². The van der Waals surface area contributed by atoms with Gasteiger partial charge in [0.05, 0.1) is 9.52 Å². The molecule has 0 saturated heterocycles. The maximum absolute atomic E-state index is 4.93. The van der Waals surface area contributed by atoms with E-state index in [0.29, 0.717) is 0 Å². The van der Waals surface area contributed by atoms with E-state index in [1.54, 1.807) is 0 Å². The molecule has 358 valence electrons. The largest absolute Gasteiger partial charge is 0.184 e. The van der Waals surface area contributed by atoms with Crippen LogP contribution < -0.4 is 10.4 Å². The van der Waals surface area contributed by atoms with Crippen molar-refractivity contribution in [2.75, 3.05) is 0 Å². The van der Waals surface area contributed by atoms with Crippen molar-refractivity contribution >= 4 is 58.5 Å². The molecule has 0 atom stereocenters. The first kappa shape index (κ1) is 50.6. The van der Waals surface area contributed by atoms with Crippen LogP contribution in [0.15, 0.2) is 261 Å². The quantitative estimate of drug-likeness (QED) is 0.105. The molecule has 1 aliphatic rings. The maximum Gasteiger partial charge on any atom is 0.0920 e. The molecule has 0 saturated carbocycles. The van der Waals surface area contributed by atoms with Crippen LogP contribution in [0.25, 0.3) is 99.4 Å². The van der Waals surface area contributed by atoms with E-state index in [-0.39, 0.29) is 0 Å². The minimum Gasteiger partial charge on any atom is -0.184 e. The fourth-order valence-corrected chi connectivity index (χ4v) is 11.6. The first-order valence-corrected chi connectivity index (χ1v) is 32.6. The number of hydrogen-bond acceptors (Lipinski definition) is 0. The number of aryl methyl sites for hydroxylation is 2. The number of benzene rings is 10. The second-order valence-corrected chi connectivity index (χ2v) is 23.2. The average molecular weight is 1080 g/mol. The Morgan fingerprint density at radius 1 is 0.392 bits per heavy atom. The van der Waals surface area contributed by atoms with E-state index in [4.69, 9.17) is 17.0 Å². The van der Waals surface area contributed by atoms with Gasteiger partial charge in [-0.1, -0.05) is 242 Å². The van der Waals surface area contributed by atoms with Crippen LogP contribution in [0.5, 0.6) is 0 Å². The van der Waals surface area contributed by atoms with Gasteiger partial charge in [0, 0.05) is 0 Å². The maximum atomic E-state index is 4.93. The molecule has 0 bridgehead atoms. The van der Waals surface area contributed by atoms with E-state index in [0.717, 1.165) is 22.4 Å². The molecule has 0 aromatic heterocycles. The van der Waals surface area contributed by atoms with Crippen LogP contribution in [0.3, 0.4) is 0 Å². The number of rotatable bonds is 8. The molecule has 12 aromatic carbocycles. The van der Waals surface area contributed by atoms with Gasteiger partial charge in [-0.05, 0) is 68.5 Å². The number of fused-ring (bicyclic) bond motifs is 5. The van der Waals surface area contributed by atoms with E-state index >= 15 is 0 Å². The van der Waals surface area contributed by atoms with Gasteiger partial charge in [-0.3, -0.25) is 0 Å². The number of hydrogen-bond donors (Lipinski definition) is 0. The molecule has 0 nitrogen and oxygen atoms in total. The van der Waals surface area contributed by atoms with E-state index in [1.807, 2.05) is 6.07 Å². The summed E-state index contributed by atoms with van der Waals surface area (Å²) < 4.78 is 0. The molecule has 2 radical (unpaired) electrons. The van der Waals surface area contributed by atoms with Gasteiger partial charge >= 0.3 is 37.9 Å². The molecule has 0 fully saturated rings. The van der Waals surface area contributed by atoms with Gasteiger partial charge in [0.25, 0.3) is 0 Å². The van der Waals surface area contributed by atoms with Gasteiger partial charge < -0.3 is 0 Å². The summed E-state index contributed by atoms with van der Waals surface area (Å²) in [5.74, 6) is 0. The van der Waals surface area contributed by atoms with E-state index < -0.39 is 20.8 Å². The molecule has 0 aliphatic carbocycles. The molecule has 1 aliphatic heterocycles. The fraction of sp³-hybridized carbons (Fsp3) is 0.0571. The summed E-state index contributed by atoms with van der Waals surface area (Å²) in [6.07, 6.45) is 2.04. The minimum absolute atomic E-state index is 0.795. The van der Waals surface area contributed by atoms with E-state index in [9.17, 15) is 0 Å². The molecule has 74 heavy (non-hydrogen) atoms. The Bertz CT molecular complexity index is 3520. The van der Waals surface area contributed by atoms with Gasteiger partial charge in [0.1, 0.15) is 0 Å². The summed E-state index contributed by atoms with van der Waals surface area (Å²) in [5, 5.41) is 8.06. The third kappa shape index (κ3) is 11.1. The molecule has 0 unspecified atom stereocenters. The van der Waals surface area contributed by atoms with Crippen molar-refractivity contribution in [3.05, 3.63) is 278 Å². The van der Waals surface area contributed by atoms with Crippen LogP contribution in [-0.4, -0.2) is 9.52 Å². The van der Waals surface area contributed by atoms with Gasteiger partial charge in [-0.25, -0.2) is 0 Å². The predicted octanol–water partition coefficient (Wildman–Crippen LogP) is 18.7. The molecule has 13 rings (SSSR count). The van der Waals surface area contributed by atoms with Crippen LogP contribution in [0, 0.1) is 6.07 Å². The first-order chi connectivity index (χ1) is 36.6. The zero-order valence-corrected chi connectivity index (χ0v) is 46.5. The Kier molecular flexibility index (Phi) is 16.7. The Hall–Kier alpha value is -6.90. The van der Waals surface area contributed by atoms with Crippen molar-refractivity contribution in [2.24, 2.45) is 0 Å². The van der Waals surface area contributed by atoms with Crippen LogP contribution in [0.1, 0.15) is 25.0 Å². The SMILES string of the molecule is CCc1ccccc1-c1c(-c2ccccc2)ccc2[cH-]c(-c3ccccc3)cc12.CCc1ccccc1-c1c(-c2ccccc2)ccc2[cH-]c(-c3ccccc3)cc12.[Cl][Zr][Cl].[c-]1cccc2c1[Si]c1ccccc1-2. The molecule has 0 spiro atoms. The Morgan fingerprint density at radius 2 is 0.770 bits per heavy atom. The van der Waals surface area contributed by atoms with Crippen LogP contribution in [0.2, 0.25) is 0 Å². The normalized spacial score (nSPS) is 11.0. The number of halogens is 2. The predicted molar refractivity (Wildman–Crippen MR) is 318 cm³/mol. The Morgan fingerprint density at radius 3 is 1.22 bits per heavy atom. The molecule has 4 heteroatoms. The zero-order valence-electron chi connectivity index (χ0n) is 41.5. The topological polar surface area (TPSA) is 0 Å². The Balaban J connectivity index is 0.000000131. The third-order valence-electron chi connectivity index (χ3n) is 13.8. The molecule has 0 N–H and O–H groups in total. The summed E-state index contributed by atoms with van der Waals surface area (Å²) in [7, 11) is 10.7. The van der Waals surface area contributed by atoms with Gasteiger partial charge in [-0.2, -0.15) is 29.5 Å². The molecule has 1 heterocycles. The van der Waals surface area contributed by atoms with Crippen LogP contribution in [0.4, 0.5) is 0 Å². The van der Waals surface area contributed by atoms with Crippen LogP contribution in [-0.2, 0) is 33.7 Å². The zero-order chi connectivity index (χ0) is 50.6. The summed E-state index contributed by atoms with van der Waals surface area (Å²) >= 11 is -0.826. The van der Waals surface area contributed by atoms with Crippen molar-refractivity contribution in [1.29, 1.82) is 0 Å². The van der Waals surface area contributed by atoms with Gasteiger partial charge in [0.15, 0.2) is 0 Å². The van der Waals surface area contributed by atoms with Crippen molar-refractivity contribution < 1.29 is 20.8 Å². The van der Waals surface area contributed by atoms with Crippen LogP contribution >= 0.6 is 17.0 Å². The minimum atomic E-state index is -0.826. The second kappa shape index (κ2) is 24.4. The van der Waals surface area contributed by atoms with E-state index in [2.05, 4.69) is 275 Å².